The van der Waals surface area contributed by atoms with Crippen molar-refractivity contribution in [1.82, 2.24) is 25.3 Å². The summed E-state index contributed by atoms with van der Waals surface area (Å²) in [5.41, 5.74) is 0.965. The quantitative estimate of drug-likeness (QED) is 0.885. The van der Waals surface area contributed by atoms with Crippen LogP contribution in [0, 0.1) is 6.92 Å². The van der Waals surface area contributed by atoms with Crippen molar-refractivity contribution in [3.8, 4) is 0 Å². The lowest BCUT2D eigenvalue weighted by atomic mass is 9.99. The van der Waals surface area contributed by atoms with E-state index in [9.17, 15) is 0 Å². The van der Waals surface area contributed by atoms with Crippen molar-refractivity contribution in [2.75, 3.05) is 18.4 Å². The van der Waals surface area contributed by atoms with Gasteiger partial charge in [-0.3, -0.25) is 4.98 Å². The number of hydrogen-bond donors (Lipinski definition) is 2. The van der Waals surface area contributed by atoms with Crippen molar-refractivity contribution in [3.63, 3.8) is 0 Å². The Kier molecular flexibility index (Phi) is 3.83. The molecular weight excluding hydrogens is 252 g/mol. The second-order valence-electron chi connectivity index (χ2n) is 5.01. The predicted octanol–water partition coefficient (Wildman–Crippen LogP) is 1.79. The van der Waals surface area contributed by atoms with Gasteiger partial charge in [0.2, 0.25) is 0 Å². The summed E-state index contributed by atoms with van der Waals surface area (Å²) in [5.74, 6) is 2.77. The Morgan fingerprint density at radius 1 is 1.25 bits per heavy atom. The van der Waals surface area contributed by atoms with Gasteiger partial charge >= 0.3 is 0 Å². The van der Waals surface area contributed by atoms with Gasteiger partial charge in [0.05, 0.1) is 6.20 Å². The molecular formula is C14H18N6. The summed E-state index contributed by atoms with van der Waals surface area (Å²) in [6.07, 6.45) is 7.30. The lowest BCUT2D eigenvalue weighted by Crippen LogP contribution is -2.29. The fourth-order valence-corrected chi connectivity index (χ4v) is 2.41. The molecule has 0 spiro atoms. The van der Waals surface area contributed by atoms with Crippen LogP contribution in [0.2, 0.25) is 0 Å². The Labute approximate surface area is 118 Å². The highest BCUT2D eigenvalue weighted by molar-refractivity contribution is 5.50. The van der Waals surface area contributed by atoms with Gasteiger partial charge in [-0.15, -0.1) is 0 Å². The van der Waals surface area contributed by atoms with Crippen LogP contribution >= 0.6 is 0 Å². The van der Waals surface area contributed by atoms with E-state index < -0.39 is 0 Å². The molecule has 1 aliphatic rings. The zero-order chi connectivity index (χ0) is 13.8. The van der Waals surface area contributed by atoms with Crippen LogP contribution in [0.5, 0.6) is 0 Å². The Bertz CT molecular complexity index is 565. The third-order valence-corrected chi connectivity index (χ3v) is 3.35. The smallest absolute Gasteiger partial charge is 0.150 e. The normalized spacial score (nSPS) is 18.8. The van der Waals surface area contributed by atoms with Gasteiger partial charge in [-0.05, 0) is 26.3 Å². The van der Waals surface area contributed by atoms with E-state index in [0.29, 0.717) is 11.7 Å². The van der Waals surface area contributed by atoms with E-state index in [1.807, 2.05) is 13.0 Å². The van der Waals surface area contributed by atoms with E-state index in [-0.39, 0.29) is 0 Å². The van der Waals surface area contributed by atoms with Gasteiger partial charge in [-0.1, -0.05) is 0 Å². The number of aromatic nitrogens is 4. The number of hydrogen-bond acceptors (Lipinski definition) is 6. The first-order valence-electron chi connectivity index (χ1n) is 6.90. The van der Waals surface area contributed by atoms with Crippen LogP contribution in [0.15, 0.2) is 24.7 Å². The van der Waals surface area contributed by atoms with Gasteiger partial charge in [-0.25, -0.2) is 15.0 Å². The zero-order valence-corrected chi connectivity index (χ0v) is 11.5. The van der Waals surface area contributed by atoms with Crippen LogP contribution in [-0.2, 0) is 0 Å². The van der Waals surface area contributed by atoms with Crippen LogP contribution in [-0.4, -0.2) is 33.0 Å². The molecule has 3 heterocycles. The number of anilines is 2. The van der Waals surface area contributed by atoms with Gasteiger partial charge in [0, 0.05) is 36.6 Å². The van der Waals surface area contributed by atoms with E-state index >= 15 is 0 Å². The molecule has 0 unspecified atom stereocenters. The SMILES string of the molecule is Cc1cc(Nc2cnccn2)nc([C@@H]2CCCNC2)n1. The van der Waals surface area contributed by atoms with E-state index in [1.54, 1.807) is 18.6 Å². The molecule has 6 heteroatoms. The minimum atomic E-state index is 0.394. The maximum Gasteiger partial charge on any atom is 0.150 e. The van der Waals surface area contributed by atoms with Crippen molar-refractivity contribution >= 4 is 11.6 Å². The molecule has 20 heavy (non-hydrogen) atoms. The second-order valence-corrected chi connectivity index (χ2v) is 5.01. The number of rotatable bonds is 3. The summed E-state index contributed by atoms with van der Waals surface area (Å²) >= 11 is 0. The molecule has 0 radical (unpaired) electrons. The van der Waals surface area contributed by atoms with Crippen LogP contribution < -0.4 is 10.6 Å². The maximum atomic E-state index is 4.62. The van der Waals surface area contributed by atoms with E-state index in [0.717, 1.165) is 36.8 Å². The van der Waals surface area contributed by atoms with Gasteiger partial charge in [0.15, 0.2) is 0 Å². The number of piperidine rings is 1. The standard InChI is InChI=1S/C14H18N6/c1-10-7-12(19-13-9-16-5-6-17-13)20-14(18-10)11-3-2-4-15-8-11/h5-7,9,11,15H,2-4,8H2,1H3,(H,17,18,19,20)/t11-/m1/s1. The maximum absolute atomic E-state index is 4.62. The Morgan fingerprint density at radius 2 is 2.20 bits per heavy atom. The van der Waals surface area contributed by atoms with Crippen LogP contribution in [0.3, 0.4) is 0 Å². The molecule has 3 rings (SSSR count). The topological polar surface area (TPSA) is 75.6 Å². The average Bonchev–Trinajstić information content (AvgIpc) is 2.49. The molecule has 1 fully saturated rings. The molecule has 1 aliphatic heterocycles. The Hall–Kier alpha value is -2.08. The molecule has 0 amide bonds. The molecule has 104 valence electrons. The summed E-state index contributed by atoms with van der Waals surface area (Å²) < 4.78 is 0. The molecule has 0 bridgehead atoms. The fraction of sp³-hybridized carbons (Fsp3) is 0.429. The summed E-state index contributed by atoms with van der Waals surface area (Å²) in [4.78, 5) is 17.4. The van der Waals surface area contributed by atoms with Crippen LogP contribution in [0.25, 0.3) is 0 Å². The average molecular weight is 270 g/mol. The van der Waals surface area contributed by atoms with Crippen LogP contribution in [0.1, 0.15) is 30.3 Å². The van der Waals surface area contributed by atoms with Gasteiger partial charge in [-0.2, -0.15) is 0 Å². The highest BCUT2D eigenvalue weighted by Gasteiger charge is 2.18. The van der Waals surface area contributed by atoms with E-state index in [4.69, 9.17) is 0 Å². The van der Waals surface area contributed by atoms with Gasteiger partial charge in [0.25, 0.3) is 0 Å². The monoisotopic (exact) mass is 270 g/mol. The fourth-order valence-electron chi connectivity index (χ4n) is 2.41. The van der Waals surface area contributed by atoms with Crippen molar-refractivity contribution in [2.45, 2.75) is 25.7 Å². The van der Waals surface area contributed by atoms with E-state index in [1.165, 1.54) is 6.42 Å². The predicted molar refractivity (Wildman–Crippen MR) is 76.9 cm³/mol. The molecule has 0 aromatic carbocycles. The number of nitrogens with zero attached hydrogens (tertiary/aromatic N) is 4. The molecule has 1 saturated heterocycles. The summed E-state index contributed by atoms with van der Waals surface area (Å²) in [7, 11) is 0. The Morgan fingerprint density at radius 3 is 2.95 bits per heavy atom. The molecule has 2 aromatic heterocycles. The largest absolute Gasteiger partial charge is 0.324 e. The summed E-state index contributed by atoms with van der Waals surface area (Å²) in [6.45, 7) is 4.03. The third kappa shape index (κ3) is 3.08. The number of aryl methyl sites for hydroxylation is 1. The first-order valence-corrected chi connectivity index (χ1v) is 6.90. The minimum Gasteiger partial charge on any atom is -0.324 e. The zero-order valence-electron chi connectivity index (χ0n) is 11.5. The molecule has 0 aliphatic carbocycles. The molecule has 1 atom stereocenters. The molecule has 2 N–H and O–H groups in total. The van der Waals surface area contributed by atoms with Crippen molar-refractivity contribution in [1.29, 1.82) is 0 Å². The minimum absolute atomic E-state index is 0.394. The van der Waals surface area contributed by atoms with Crippen LogP contribution in [0.4, 0.5) is 11.6 Å². The van der Waals surface area contributed by atoms with Gasteiger partial charge in [0.1, 0.15) is 17.5 Å². The molecule has 0 saturated carbocycles. The highest BCUT2D eigenvalue weighted by Crippen LogP contribution is 2.22. The summed E-state index contributed by atoms with van der Waals surface area (Å²) in [6, 6.07) is 1.93. The first-order chi connectivity index (χ1) is 9.81. The van der Waals surface area contributed by atoms with Crippen molar-refractivity contribution < 1.29 is 0 Å². The highest BCUT2D eigenvalue weighted by atomic mass is 15.1. The second kappa shape index (κ2) is 5.92. The Balaban J connectivity index is 1.82. The third-order valence-electron chi connectivity index (χ3n) is 3.35. The van der Waals surface area contributed by atoms with Crippen molar-refractivity contribution in [3.05, 3.63) is 36.2 Å². The molecule has 2 aromatic rings. The lowest BCUT2D eigenvalue weighted by Gasteiger charge is -2.22. The number of nitrogens with one attached hydrogen (secondary N) is 2. The lowest BCUT2D eigenvalue weighted by molar-refractivity contribution is 0.446. The van der Waals surface area contributed by atoms with Crippen molar-refractivity contribution in [2.24, 2.45) is 0 Å². The summed E-state index contributed by atoms with van der Waals surface area (Å²) in [5, 5.41) is 6.58. The van der Waals surface area contributed by atoms with Gasteiger partial charge < -0.3 is 10.6 Å². The van der Waals surface area contributed by atoms with E-state index in [2.05, 4.69) is 30.6 Å². The first kappa shape index (κ1) is 12.9. The molecule has 6 nitrogen and oxygen atoms in total.